The maximum atomic E-state index is 12.2. The smallest absolute Gasteiger partial charge is 0.315 e. The molecule has 1 rings (SSSR count). The topological polar surface area (TPSA) is 49.4 Å². The molecule has 7 heteroatoms. The van der Waals surface area contributed by atoms with Gasteiger partial charge in [0, 0.05) is 19.6 Å². The highest BCUT2D eigenvalue weighted by molar-refractivity contribution is 9.09. The number of halogens is 3. The summed E-state index contributed by atoms with van der Waals surface area (Å²) in [5.74, 6) is -1.54. The number of amides is 1. The minimum absolute atomic E-state index is 0.0619. The maximum absolute atomic E-state index is 12.2. The van der Waals surface area contributed by atoms with E-state index in [0.29, 0.717) is 6.54 Å². The van der Waals surface area contributed by atoms with Crippen molar-refractivity contribution in [2.75, 3.05) is 25.0 Å². The van der Waals surface area contributed by atoms with Crippen molar-refractivity contribution in [3.63, 3.8) is 0 Å². The Labute approximate surface area is 94.1 Å². The number of alkyl halides is 3. The molecule has 15 heavy (non-hydrogen) atoms. The average molecular weight is 285 g/mol. The van der Waals surface area contributed by atoms with Crippen LogP contribution in [-0.2, 0) is 9.59 Å². The molecule has 4 nitrogen and oxygen atoms in total. The number of hydrogen-bond acceptors (Lipinski definition) is 3. The lowest BCUT2D eigenvalue weighted by Crippen LogP contribution is -2.58. The molecular weight excluding hydrogens is 274 g/mol. The highest BCUT2D eigenvalue weighted by Gasteiger charge is 2.34. The molecule has 1 amide bonds. The SMILES string of the molecule is O=C(CBr)C1CNCCN1C(=O)C(F)F. The lowest BCUT2D eigenvalue weighted by atomic mass is 10.1. The Morgan fingerprint density at radius 1 is 1.53 bits per heavy atom. The average Bonchev–Trinajstić information content (AvgIpc) is 2.27. The summed E-state index contributed by atoms with van der Waals surface area (Å²) in [6.07, 6.45) is -3.05. The van der Waals surface area contributed by atoms with E-state index in [-0.39, 0.29) is 24.2 Å². The molecule has 1 aliphatic rings. The fourth-order valence-electron chi connectivity index (χ4n) is 1.47. The monoisotopic (exact) mass is 284 g/mol. The Morgan fingerprint density at radius 2 is 2.20 bits per heavy atom. The molecule has 0 aliphatic carbocycles. The van der Waals surface area contributed by atoms with Gasteiger partial charge < -0.3 is 10.2 Å². The van der Waals surface area contributed by atoms with Crippen molar-refractivity contribution in [1.82, 2.24) is 10.2 Å². The Bertz CT molecular complexity index is 263. The summed E-state index contributed by atoms with van der Waals surface area (Å²) in [5.41, 5.74) is 0. The van der Waals surface area contributed by atoms with E-state index in [2.05, 4.69) is 21.2 Å². The minimum atomic E-state index is -3.05. The van der Waals surface area contributed by atoms with E-state index in [0.717, 1.165) is 4.90 Å². The third-order valence-electron chi connectivity index (χ3n) is 2.22. The van der Waals surface area contributed by atoms with Gasteiger partial charge in [0.1, 0.15) is 6.04 Å². The van der Waals surface area contributed by atoms with Crippen LogP contribution < -0.4 is 5.32 Å². The van der Waals surface area contributed by atoms with E-state index in [1.165, 1.54) is 0 Å². The maximum Gasteiger partial charge on any atom is 0.315 e. The molecule has 1 aliphatic heterocycles. The first-order chi connectivity index (χ1) is 7.07. The second-order valence-electron chi connectivity index (χ2n) is 3.15. The van der Waals surface area contributed by atoms with Crippen LogP contribution in [0.2, 0.25) is 0 Å². The largest absolute Gasteiger partial charge is 0.325 e. The van der Waals surface area contributed by atoms with E-state index in [1.807, 2.05) is 0 Å². The van der Waals surface area contributed by atoms with Crippen LogP contribution in [0.1, 0.15) is 0 Å². The van der Waals surface area contributed by atoms with Crippen LogP contribution in [0.25, 0.3) is 0 Å². The number of hydrogen-bond donors (Lipinski definition) is 1. The number of carbonyl (C=O) groups is 2. The molecular formula is C8H11BrF2N2O2. The fraction of sp³-hybridized carbons (Fsp3) is 0.750. The molecule has 1 saturated heterocycles. The molecule has 1 N–H and O–H groups in total. The van der Waals surface area contributed by atoms with Gasteiger partial charge in [-0.1, -0.05) is 15.9 Å². The number of rotatable bonds is 3. The molecule has 0 aromatic carbocycles. The molecule has 1 fully saturated rings. The lowest BCUT2D eigenvalue weighted by Gasteiger charge is -2.34. The van der Waals surface area contributed by atoms with Crippen LogP contribution in [-0.4, -0.2) is 54.0 Å². The standard InChI is InChI=1S/C8H11BrF2N2O2/c9-3-6(14)5-4-12-1-2-13(5)8(15)7(10)11/h5,7,12H,1-4H2. The molecule has 0 aromatic rings. The van der Waals surface area contributed by atoms with E-state index in [1.54, 1.807) is 0 Å². The van der Waals surface area contributed by atoms with Crippen LogP contribution >= 0.6 is 15.9 Å². The van der Waals surface area contributed by atoms with Crippen LogP contribution in [0, 0.1) is 0 Å². The quantitative estimate of drug-likeness (QED) is 0.744. The fourth-order valence-corrected chi connectivity index (χ4v) is 1.84. The van der Waals surface area contributed by atoms with Gasteiger partial charge in [0.2, 0.25) is 0 Å². The molecule has 1 heterocycles. The molecule has 0 radical (unpaired) electrons. The number of piperazine rings is 1. The van der Waals surface area contributed by atoms with Crippen molar-refractivity contribution in [3.05, 3.63) is 0 Å². The van der Waals surface area contributed by atoms with E-state index in [4.69, 9.17) is 0 Å². The van der Waals surface area contributed by atoms with Gasteiger partial charge in [-0.05, 0) is 0 Å². The summed E-state index contributed by atoms with van der Waals surface area (Å²) in [7, 11) is 0. The number of nitrogens with zero attached hydrogens (tertiary/aromatic N) is 1. The summed E-state index contributed by atoms with van der Waals surface area (Å²) in [6.45, 7) is 0.819. The molecule has 0 bridgehead atoms. The number of nitrogens with one attached hydrogen (secondary N) is 1. The van der Waals surface area contributed by atoms with Crippen molar-refractivity contribution in [1.29, 1.82) is 0 Å². The molecule has 0 aromatic heterocycles. The number of ketones is 1. The van der Waals surface area contributed by atoms with Crippen LogP contribution in [0.15, 0.2) is 0 Å². The summed E-state index contributed by atoms with van der Waals surface area (Å²) >= 11 is 2.96. The van der Waals surface area contributed by atoms with Crippen molar-refractivity contribution in [2.24, 2.45) is 0 Å². The van der Waals surface area contributed by atoms with Crippen LogP contribution in [0.4, 0.5) is 8.78 Å². The van der Waals surface area contributed by atoms with Crippen molar-refractivity contribution in [3.8, 4) is 0 Å². The van der Waals surface area contributed by atoms with Gasteiger partial charge in [0.25, 0.3) is 5.91 Å². The summed E-state index contributed by atoms with van der Waals surface area (Å²) < 4.78 is 24.4. The lowest BCUT2D eigenvalue weighted by molar-refractivity contribution is -0.149. The van der Waals surface area contributed by atoms with Gasteiger partial charge in [-0.3, -0.25) is 9.59 Å². The van der Waals surface area contributed by atoms with E-state index >= 15 is 0 Å². The van der Waals surface area contributed by atoms with Gasteiger partial charge in [0.15, 0.2) is 5.78 Å². The normalized spacial score (nSPS) is 21.9. The summed E-state index contributed by atoms with van der Waals surface area (Å²) in [6, 6.07) is -0.778. The highest BCUT2D eigenvalue weighted by atomic mass is 79.9. The van der Waals surface area contributed by atoms with Gasteiger partial charge in [-0.25, -0.2) is 0 Å². The zero-order valence-corrected chi connectivity index (χ0v) is 9.47. The molecule has 0 saturated carbocycles. The zero-order valence-electron chi connectivity index (χ0n) is 7.88. The minimum Gasteiger partial charge on any atom is -0.325 e. The van der Waals surface area contributed by atoms with Crippen molar-refractivity contribution in [2.45, 2.75) is 12.5 Å². The second kappa shape index (κ2) is 5.50. The zero-order chi connectivity index (χ0) is 11.4. The molecule has 1 atom stereocenters. The van der Waals surface area contributed by atoms with Crippen molar-refractivity contribution < 1.29 is 18.4 Å². The van der Waals surface area contributed by atoms with Gasteiger partial charge in [-0.2, -0.15) is 8.78 Å². The number of carbonyl (C=O) groups excluding carboxylic acids is 2. The van der Waals surface area contributed by atoms with Gasteiger partial charge >= 0.3 is 6.43 Å². The first-order valence-electron chi connectivity index (χ1n) is 4.46. The van der Waals surface area contributed by atoms with Crippen LogP contribution in [0.3, 0.4) is 0 Å². The molecule has 0 spiro atoms. The van der Waals surface area contributed by atoms with Gasteiger partial charge in [-0.15, -0.1) is 0 Å². The molecule has 1 unspecified atom stereocenters. The Kier molecular flexibility index (Phi) is 4.59. The summed E-state index contributed by atoms with van der Waals surface area (Å²) in [5, 5.41) is 2.96. The van der Waals surface area contributed by atoms with Crippen LogP contribution in [0.5, 0.6) is 0 Å². The Hall–Kier alpha value is -0.560. The third-order valence-corrected chi connectivity index (χ3v) is 2.77. The Morgan fingerprint density at radius 3 is 2.73 bits per heavy atom. The summed E-state index contributed by atoms with van der Waals surface area (Å²) in [4.78, 5) is 23.4. The predicted molar refractivity (Wildman–Crippen MR) is 53.2 cm³/mol. The van der Waals surface area contributed by atoms with E-state index < -0.39 is 18.4 Å². The molecule has 86 valence electrons. The number of Topliss-reactive ketones (excluding diaryl/α,β-unsaturated/α-hetero) is 1. The second-order valence-corrected chi connectivity index (χ2v) is 3.71. The first-order valence-corrected chi connectivity index (χ1v) is 5.58. The van der Waals surface area contributed by atoms with E-state index in [9.17, 15) is 18.4 Å². The highest BCUT2D eigenvalue weighted by Crippen LogP contribution is 2.10. The van der Waals surface area contributed by atoms with Gasteiger partial charge in [0.05, 0.1) is 5.33 Å². The third kappa shape index (κ3) is 2.94. The Balaban J connectivity index is 2.73. The predicted octanol–water partition coefficient (Wildman–Crippen LogP) is 0.0159. The van der Waals surface area contributed by atoms with Crippen molar-refractivity contribution >= 4 is 27.6 Å². The first kappa shape index (κ1) is 12.5.